The maximum Gasteiger partial charge on any atom is 0.269 e. The predicted molar refractivity (Wildman–Crippen MR) is 141 cm³/mol. The van der Waals surface area contributed by atoms with Gasteiger partial charge in [0.25, 0.3) is 5.69 Å². The van der Waals surface area contributed by atoms with E-state index in [0.717, 1.165) is 37.7 Å². The quantitative estimate of drug-likeness (QED) is 0.242. The van der Waals surface area contributed by atoms with E-state index in [4.69, 9.17) is 20.8 Å². The molecule has 2 aromatic carbocycles. The predicted octanol–water partition coefficient (Wildman–Crippen LogP) is 5.84. The van der Waals surface area contributed by atoms with Crippen LogP contribution in [0.4, 0.5) is 11.4 Å². The highest BCUT2D eigenvalue weighted by Crippen LogP contribution is 2.37. The van der Waals surface area contributed by atoms with Crippen LogP contribution in [0.5, 0.6) is 5.75 Å². The average Bonchev–Trinajstić information content (AvgIpc) is 2.78. The van der Waals surface area contributed by atoms with Crippen LogP contribution < -0.4 is 9.64 Å². The molecule has 1 aliphatic heterocycles. The number of hydrogen-bond donors (Lipinski definition) is 0. The number of halogens is 1. The van der Waals surface area contributed by atoms with Gasteiger partial charge in [0.2, 0.25) is 0 Å². The van der Waals surface area contributed by atoms with Gasteiger partial charge in [0, 0.05) is 55.6 Å². The monoisotopic (exact) mass is 505 g/mol. The fraction of sp³-hybridized carbons (Fsp3) is 0.520. The molecule has 0 N–H and O–H groups in total. The highest BCUT2D eigenvalue weighted by atomic mass is 35.5. The number of hydrogen-bond acceptors (Lipinski definition) is 6. The van der Waals surface area contributed by atoms with E-state index in [1.165, 1.54) is 17.8 Å². The van der Waals surface area contributed by atoms with Gasteiger partial charge in [-0.2, -0.15) is 0 Å². The molecule has 34 heavy (non-hydrogen) atoms. The number of ether oxygens (including phenoxy) is 1. The molecule has 1 heterocycles. The first-order valence-electron chi connectivity index (χ1n) is 11.7. The Balaban J connectivity index is 1.62. The van der Waals surface area contributed by atoms with Crippen molar-refractivity contribution in [2.24, 2.45) is 0 Å². The van der Waals surface area contributed by atoms with Crippen molar-refractivity contribution in [2.75, 3.05) is 44.2 Å². The summed E-state index contributed by atoms with van der Waals surface area (Å²) in [5.41, 5.74) is 1.25. The molecule has 2 aromatic rings. The minimum Gasteiger partial charge on any atom is -0.491 e. The Morgan fingerprint density at radius 3 is 2.15 bits per heavy atom. The van der Waals surface area contributed by atoms with Gasteiger partial charge in [0.05, 0.1) is 11.0 Å². The first-order valence-corrected chi connectivity index (χ1v) is 15.0. The van der Waals surface area contributed by atoms with Crippen LogP contribution in [0.1, 0.15) is 20.8 Å². The van der Waals surface area contributed by atoms with Gasteiger partial charge in [0.1, 0.15) is 12.4 Å². The van der Waals surface area contributed by atoms with E-state index in [9.17, 15) is 10.1 Å². The van der Waals surface area contributed by atoms with E-state index in [0.29, 0.717) is 12.4 Å². The molecule has 1 saturated heterocycles. The smallest absolute Gasteiger partial charge is 0.269 e. The van der Waals surface area contributed by atoms with Gasteiger partial charge in [-0.05, 0) is 54.5 Å². The van der Waals surface area contributed by atoms with Crippen molar-refractivity contribution in [3.05, 3.63) is 63.7 Å². The molecule has 3 rings (SSSR count). The lowest BCUT2D eigenvalue weighted by atomic mass is 10.2. The standard InChI is InChI=1S/C25H36ClN3O4Si/c1-25(2,3)34(4,5)33-24(19-32-23-12-10-22(11-13-23)29(30)31)18-27-14-16-28(17-15-27)21-8-6-20(26)7-9-21/h6-13,24H,14-19H2,1-5H3/t24-/m1/s1. The van der Waals surface area contributed by atoms with E-state index in [2.05, 4.69) is 55.8 Å². The van der Waals surface area contributed by atoms with Gasteiger partial charge in [-0.3, -0.25) is 15.0 Å². The van der Waals surface area contributed by atoms with E-state index >= 15 is 0 Å². The lowest BCUT2D eigenvalue weighted by Gasteiger charge is -2.42. The summed E-state index contributed by atoms with van der Waals surface area (Å²) in [6, 6.07) is 14.2. The third-order valence-electron chi connectivity index (χ3n) is 6.78. The van der Waals surface area contributed by atoms with Gasteiger partial charge >= 0.3 is 0 Å². The average molecular weight is 506 g/mol. The summed E-state index contributed by atoms with van der Waals surface area (Å²) in [6.45, 7) is 16.2. The zero-order valence-electron chi connectivity index (χ0n) is 20.8. The molecule has 186 valence electrons. The maximum atomic E-state index is 10.9. The summed E-state index contributed by atoms with van der Waals surface area (Å²) in [4.78, 5) is 15.3. The summed E-state index contributed by atoms with van der Waals surface area (Å²) >= 11 is 6.03. The van der Waals surface area contributed by atoms with Crippen molar-refractivity contribution in [2.45, 2.75) is 45.0 Å². The third kappa shape index (κ3) is 7.18. The third-order valence-corrected chi connectivity index (χ3v) is 11.6. The Hall–Kier alpha value is -2.13. The molecule has 1 fully saturated rings. The number of nitro benzene ring substituents is 1. The summed E-state index contributed by atoms with van der Waals surface area (Å²) in [7, 11) is -2.00. The van der Waals surface area contributed by atoms with Crippen LogP contribution in [0.15, 0.2) is 48.5 Å². The van der Waals surface area contributed by atoms with Crippen LogP contribution >= 0.6 is 11.6 Å². The summed E-state index contributed by atoms with van der Waals surface area (Å²) in [5, 5.41) is 11.8. The highest BCUT2D eigenvalue weighted by molar-refractivity contribution is 6.74. The molecule has 0 bridgehead atoms. The Morgan fingerprint density at radius 2 is 1.62 bits per heavy atom. The van der Waals surface area contributed by atoms with Crippen molar-refractivity contribution in [1.29, 1.82) is 0 Å². The fourth-order valence-electron chi connectivity index (χ4n) is 3.70. The molecule has 1 aliphatic rings. The zero-order chi connectivity index (χ0) is 24.9. The number of piperazine rings is 1. The molecular formula is C25H36ClN3O4Si. The molecule has 0 spiro atoms. The Morgan fingerprint density at radius 1 is 1.03 bits per heavy atom. The summed E-state index contributed by atoms with van der Waals surface area (Å²) < 4.78 is 12.8. The van der Waals surface area contributed by atoms with E-state index in [1.54, 1.807) is 12.1 Å². The topological polar surface area (TPSA) is 68.1 Å². The number of rotatable bonds is 9. The lowest BCUT2D eigenvalue weighted by Crippen LogP contribution is -2.53. The van der Waals surface area contributed by atoms with Crippen LogP contribution in [-0.4, -0.2) is 63.6 Å². The molecule has 9 heteroatoms. The molecule has 1 atom stereocenters. The van der Waals surface area contributed by atoms with E-state index < -0.39 is 13.2 Å². The minimum absolute atomic E-state index is 0.0555. The Labute approximate surface area is 208 Å². The van der Waals surface area contributed by atoms with Crippen molar-refractivity contribution in [1.82, 2.24) is 4.90 Å². The number of benzene rings is 2. The maximum absolute atomic E-state index is 10.9. The summed E-state index contributed by atoms with van der Waals surface area (Å²) in [6.07, 6.45) is -0.0850. The Bertz CT molecular complexity index is 940. The van der Waals surface area contributed by atoms with Crippen molar-refractivity contribution in [3.63, 3.8) is 0 Å². The van der Waals surface area contributed by atoms with Gasteiger partial charge in [0.15, 0.2) is 8.32 Å². The van der Waals surface area contributed by atoms with Crippen molar-refractivity contribution >= 4 is 31.3 Å². The van der Waals surface area contributed by atoms with Crippen LogP contribution in [-0.2, 0) is 4.43 Å². The highest BCUT2D eigenvalue weighted by Gasteiger charge is 2.39. The zero-order valence-corrected chi connectivity index (χ0v) is 22.5. The van der Waals surface area contributed by atoms with Gasteiger partial charge in [-0.25, -0.2) is 0 Å². The largest absolute Gasteiger partial charge is 0.491 e. The van der Waals surface area contributed by atoms with Crippen LogP contribution in [0, 0.1) is 10.1 Å². The molecule has 0 saturated carbocycles. The second-order valence-corrected chi connectivity index (χ2v) is 15.5. The van der Waals surface area contributed by atoms with Gasteiger partial charge < -0.3 is 14.1 Å². The molecule has 0 radical (unpaired) electrons. The first kappa shape index (κ1) is 26.5. The number of anilines is 1. The molecule has 0 unspecified atom stereocenters. The second kappa shape index (κ2) is 11.1. The first-order chi connectivity index (χ1) is 15.9. The molecular weight excluding hydrogens is 470 g/mol. The molecule has 0 aromatic heterocycles. The minimum atomic E-state index is -2.00. The second-order valence-electron chi connectivity index (χ2n) is 10.3. The van der Waals surface area contributed by atoms with Gasteiger partial charge in [-0.1, -0.05) is 32.4 Å². The van der Waals surface area contributed by atoms with E-state index in [-0.39, 0.29) is 16.8 Å². The van der Waals surface area contributed by atoms with Crippen LogP contribution in [0.2, 0.25) is 23.2 Å². The molecule has 0 aliphatic carbocycles. The van der Waals surface area contributed by atoms with Crippen molar-refractivity contribution < 1.29 is 14.1 Å². The van der Waals surface area contributed by atoms with E-state index in [1.807, 2.05) is 12.1 Å². The van der Waals surface area contributed by atoms with Gasteiger partial charge in [-0.15, -0.1) is 0 Å². The normalized spacial score (nSPS) is 16.4. The lowest BCUT2D eigenvalue weighted by molar-refractivity contribution is -0.384. The number of non-ortho nitro benzene ring substituents is 1. The number of nitro groups is 1. The Kier molecular flexibility index (Phi) is 8.62. The molecule has 7 nitrogen and oxygen atoms in total. The SMILES string of the molecule is CC(C)(C)[Si](C)(C)O[C@@H](COc1ccc([N+](=O)[O-])cc1)CN1CCN(c2ccc(Cl)cc2)CC1. The molecule has 0 amide bonds. The van der Waals surface area contributed by atoms with Crippen LogP contribution in [0.3, 0.4) is 0 Å². The fourth-order valence-corrected chi connectivity index (χ4v) is 5.15. The van der Waals surface area contributed by atoms with Crippen molar-refractivity contribution in [3.8, 4) is 5.75 Å². The number of nitrogens with zero attached hydrogens (tertiary/aromatic N) is 3. The summed E-state index contributed by atoms with van der Waals surface area (Å²) in [5.74, 6) is 0.613. The van der Waals surface area contributed by atoms with Crippen LogP contribution in [0.25, 0.3) is 0 Å².